The second-order valence-electron chi connectivity index (χ2n) is 8.11. The highest BCUT2D eigenvalue weighted by atomic mass is 16.3. The van der Waals surface area contributed by atoms with Gasteiger partial charge in [-0.3, -0.25) is 14.5 Å². The third-order valence-electron chi connectivity index (χ3n) is 6.29. The summed E-state index contributed by atoms with van der Waals surface area (Å²) in [6.07, 6.45) is 1.62. The molecule has 0 spiro atoms. The van der Waals surface area contributed by atoms with E-state index in [1.807, 2.05) is 27.7 Å². The van der Waals surface area contributed by atoms with Gasteiger partial charge in [-0.05, 0) is 42.5 Å². The van der Waals surface area contributed by atoms with Crippen molar-refractivity contribution < 1.29 is 14.7 Å². The van der Waals surface area contributed by atoms with Gasteiger partial charge in [0.05, 0.1) is 5.92 Å². The monoisotopic (exact) mass is 472 g/mol. The molecule has 0 bridgehead atoms. The van der Waals surface area contributed by atoms with Crippen LogP contribution in [0.1, 0.15) is 51.7 Å². The number of allylic oxidation sites excluding steroid dienone is 1. The molecule has 0 aromatic heterocycles. The first-order chi connectivity index (χ1) is 16.5. The highest BCUT2D eigenvalue weighted by Crippen LogP contribution is 2.36. The van der Waals surface area contributed by atoms with Crippen LogP contribution in [0.15, 0.2) is 37.1 Å². The summed E-state index contributed by atoms with van der Waals surface area (Å²) < 4.78 is 0. The topological polar surface area (TPSA) is 84.9 Å². The van der Waals surface area contributed by atoms with Gasteiger partial charge in [-0.25, -0.2) is 0 Å². The highest BCUT2D eigenvalue weighted by molar-refractivity contribution is 5.94. The van der Waals surface area contributed by atoms with Crippen LogP contribution in [0.5, 0.6) is 0 Å². The summed E-state index contributed by atoms with van der Waals surface area (Å²) in [6, 6.07) is 7.06. The molecule has 7 nitrogen and oxygen atoms in total. The van der Waals surface area contributed by atoms with Gasteiger partial charge in [0.2, 0.25) is 5.91 Å². The van der Waals surface area contributed by atoms with Crippen molar-refractivity contribution in [2.75, 3.05) is 44.2 Å². The Morgan fingerprint density at radius 3 is 2.29 bits per heavy atom. The predicted octanol–water partition coefficient (Wildman–Crippen LogP) is 3.90. The predicted molar refractivity (Wildman–Crippen MR) is 142 cm³/mol. The number of hydrogen-bond donors (Lipinski definition) is 3. The molecule has 3 fully saturated rings. The van der Waals surface area contributed by atoms with Crippen LogP contribution >= 0.6 is 0 Å². The fourth-order valence-electron chi connectivity index (χ4n) is 4.54. The van der Waals surface area contributed by atoms with Gasteiger partial charge in [0, 0.05) is 56.7 Å². The number of benzene rings is 1. The molecule has 1 aromatic rings. The zero-order valence-corrected chi connectivity index (χ0v) is 21.7. The molecule has 3 aliphatic heterocycles. The maximum absolute atomic E-state index is 12.4. The van der Waals surface area contributed by atoms with Crippen LogP contribution in [0.25, 0.3) is 5.57 Å². The average Bonchev–Trinajstić information content (AvgIpc) is 2.83. The van der Waals surface area contributed by atoms with E-state index in [9.17, 15) is 4.79 Å². The van der Waals surface area contributed by atoms with Crippen LogP contribution in [0.4, 0.5) is 5.69 Å². The minimum atomic E-state index is -0.250. The maximum atomic E-state index is 12.4. The van der Waals surface area contributed by atoms with E-state index < -0.39 is 0 Å². The Balaban J connectivity index is 0.000000750. The van der Waals surface area contributed by atoms with Crippen molar-refractivity contribution in [3.63, 3.8) is 0 Å². The molecular formula is C27H44N4O3. The van der Waals surface area contributed by atoms with E-state index >= 15 is 0 Å². The van der Waals surface area contributed by atoms with E-state index in [1.54, 1.807) is 0 Å². The Morgan fingerprint density at radius 1 is 1.15 bits per heavy atom. The molecule has 1 unspecified atom stereocenters. The van der Waals surface area contributed by atoms with Crippen molar-refractivity contribution in [1.29, 1.82) is 0 Å². The van der Waals surface area contributed by atoms with Gasteiger partial charge in [0.15, 0.2) is 0 Å². The molecule has 3 N–H and O–H groups in total. The van der Waals surface area contributed by atoms with E-state index in [0.717, 1.165) is 68.9 Å². The Hall–Kier alpha value is -2.64. The van der Waals surface area contributed by atoms with Crippen LogP contribution in [0, 0.1) is 12.8 Å². The molecule has 1 amide bonds. The van der Waals surface area contributed by atoms with Crippen molar-refractivity contribution in [3.8, 4) is 0 Å². The van der Waals surface area contributed by atoms with Crippen molar-refractivity contribution >= 4 is 23.6 Å². The number of anilines is 1. The number of carbonyl (C=O) groups is 2. The van der Waals surface area contributed by atoms with Crippen molar-refractivity contribution in [3.05, 3.63) is 48.2 Å². The molecule has 190 valence electrons. The minimum Gasteiger partial charge on any atom is -0.483 e. The van der Waals surface area contributed by atoms with E-state index in [1.165, 1.54) is 11.3 Å². The molecule has 0 saturated carbocycles. The molecule has 0 radical (unpaired) electrons. The van der Waals surface area contributed by atoms with Gasteiger partial charge in [0.1, 0.15) is 0 Å². The van der Waals surface area contributed by atoms with E-state index in [2.05, 4.69) is 58.7 Å². The Bertz CT molecular complexity index is 812. The quantitative estimate of drug-likeness (QED) is 0.577. The number of piperazine rings is 1. The lowest BCUT2D eigenvalue weighted by molar-refractivity contribution is -0.124. The van der Waals surface area contributed by atoms with E-state index in [0.29, 0.717) is 6.04 Å². The second kappa shape index (κ2) is 15.3. The van der Waals surface area contributed by atoms with Crippen molar-refractivity contribution in [2.45, 2.75) is 53.5 Å². The molecule has 3 heterocycles. The molecule has 34 heavy (non-hydrogen) atoms. The number of amides is 1. The number of nitrogens with one attached hydrogen (secondary N) is 2. The summed E-state index contributed by atoms with van der Waals surface area (Å²) in [5, 5.41) is 13.2. The van der Waals surface area contributed by atoms with Crippen LogP contribution < -0.4 is 15.5 Å². The third kappa shape index (κ3) is 7.43. The minimum absolute atomic E-state index is 0.0313. The molecule has 3 saturated heterocycles. The van der Waals surface area contributed by atoms with E-state index in [4.69, 9.17) is 9.90 Å². The van der Waals surface area contributed by atoms with Crippen LogP contribution in [-0.4, -0.2) is 67.7 Å². The first-order valence-electron chi connectivity index (χ1n) is 12.5. The number of carboxylic acid groups (broad SMARTS) is 1. The maximum Gasteiger partial charge on any atom is 0.290 e. The zero-order valence-electron chi connectivity index (χ0n) is 21.7. The lowest BCUT2D eigenvalue weighted by atomic mass is 9.84. The summed E-state index contributed by atoms with van der Waals surface area (Å²) in [6.45, 7) is 24.7. The number of rotatable bonds is 4. The molecule has 3 aliphatic rings. The van der Waals surface area contributed by atoms with E-state index in [-0.39, 0.29) is 18.3 Å². The van der Waals surface area contributed by atoms with Gasteiger partial charge in [0.25, 0.3) is 6.47 Å². The molecule has 1 atom stereocenters. The number of nitrogens with zero attached hydrogens (tertiary/aromatic N) is 2. The summed E-state index contributed by atoms with van der Waals surface area (Å²) >= 11 is 0. The fourth-order valence-corrected chi connectivity index (χ4v) is 4.54. The molecule has 1 aromatic carbocycles. The van der Waals surface area contributed by atoms with Gasteiger partial charge < -0.3 is 20.6 Å². The summed E-state index contributed by atoms with van der Waals surface area (Å²) in [5.74, 6) is -0.127. The summed E-state index contributed by atoms with van der Waals surface area (Å²) in [7, 11) is 0. The normalized spacial score (nSPS) is 20.1. The Morgan fingerprint density at radius 2 is 1.74 bits per heavy atom. The van der Waals surface area contributed by atoms with Crippen molar-refractivity contribution in [2.24, 2.45) is 5.92 Å². The zero-order chi connectivity index (χ0) is 25.7. The molecule has 0 aliphatic carbocycles. The van der Waals surface area contributed by atoms with Gasteiger partial charge in [-0.1, -0.05) is 53.0 Å². The summed E-state index contributed by atoms with van der Waals surface area (Å²) in [5.41, 5.74) is 5.37. The molecular weight excluding hydrogens is 428 g/mol. The van der Waals surface area contributed by atoms with Gasteiger partial charge in [-0.15, -0.1) is 0 Å². The first kappa shape index (κ1) is 29.4. The average molecular weight is 473 g/mol. The largest absolute Gasteiger partial charge is 0.483 e. The number of hydrogen-bond acceptors (Lipinski definition) is 5. The standard InChI is InChI=1S/C22H30N4O.2C2H6.CH2O2/c1-15-7-8-20(22(27)24-15)16(2)19-5-4-6-21(17(19)3)26-13-18(14-26)25-11-9-23-10-12-25;2*1-2;2-1-3/h4-6,18,20,23H,1-2,7-14H2,3H3,(H,24,27);2*1-2H3;1H,(H,2,3). The molecule has 7 heteroatoms. The first-order valence-corrected chi connectivity index (χ1v) is 12.5. The van der Waals surface area contributed by atoms with Crippen LogP contribution in [-0.2, 0) is 9.59 Å². The van der Waals surface area contributed by atoms with Crippen LogP contribution in [0.3, 0.4) is 0 Å². The summed E-state index contributed by atoms with van der Waals surface area (Å²) in [4.78, 5) is 25.8. The Kier molecular flexibility index (Phi) is 13.2. The SMILES string of the molecule is C=C1CCC(C(=C)c2cccc(N3CC(N4CCNCC4)C3)c2C)C(=O)N1.CC.CC.O=CO. The van der Waals surface area contributed by atoms with Gasteiger partial charge >= 0.3 is 0 Å². The third-order valence-corrected chi connectivity index (χ3v) is 6.29. The number of carbonyl (C=O) groups excluding carboxylic acids is 1. The second-order valence-corrected chi connectivity index (χ2v) is 8.11. The van der Waals surface area contributed by atoms with Gasteiger partial charge in [-0.2, -0.15) is 0 Å². The van der Waals surface area contributed by atoms with Crippen molar-refractivity contribution in [1.82, 2.24) is 15.5 Å². The lowest BCUT2D eigenvalue weighted by Gasteiger charge is -2.48. The molecule has 4 rings (SSSR count). The fraction of sp³-hybridized carbons (Fsp3) is 0.556. The number of piperidine rings is 1. The lowest BCUT2D eigenvalue weighted by Crippen LogP contribution is -2.63. The highest BCUT2D eigenvalue weighted by Gasteiger charge is 2.34. The Labute approximate surface area is 205 Å². The smallest absolute Gasteiger partial charge is 0.290 e. The van der Waals surface area contributed by atoms with Crippen LogP contribution in [0.2, 0.25) is 0 Å².